The average molecular weight is 454 g/mol. The average Bonchev–Trinajstić information content (AvgIpc) is 3.31. The number of hydrogen-bond acceptors (Lipinski definition) is 3. The lowest BCUT2D eigenvalue weighted by Crippen LogP contribution is -2.29. The normalized spacial score (nSPS) is 17.9. The summed E-state index contributed by atoms with van der Waals surface area (Å²) in [5.41, 5.74) is 8.20. The molecule has 5 rings (SSSR count). The van der Waals surface area contributed by atoms with Gasteiger partial charge in [0, 0.05) is 42.2 Å². The Labute approximate surface area is 200 Å². The van der Waals surface area contributed by atoms with E-state index < -0.39 is 0 Å². The molecule has 0 radical (unpaired) electrons. The number of aromatic nitrogens is 3. The summed E-state index contributed by atoms with van der Waals surface area (Å²) in [6, 6.07) is 21.1. The van der Waals surface area contributed by atoms with Crippen LogP contribution in [-0.2, 0) is 6.54 Å². The third-order valence-corrected chi connectivity index (χ3v) is 6.71. The molecule has 2 unspecified atom stereocenters. The predicted molar refractivity (Wildman–Crippen MR) is 135 cm³/mol. The van der Waals surface area contributed by atoms with E-state index in [1.165, 1.54) is 28.2 Å². The van der Waals surface area contributed by atoms with Gasteiger partial charge in [-0.25, -0.2) is 0 Å². The third kappa shape index (κ3) is 4.02. The van der Waals surface area contributed by atoms with Crippen LogP contribution in [0.1, 0.15) is 45.9 Å². The van der Waals surface area contributed by atoms with E-state index in [1.807, 2.05) is 30.6 Å². The maximum absolute atomic E-state index is 5.84. The van der Waals surface area contributed by atoms with E-state index in [2.05, 4.69) is 88.0 Å². The first-order valence-corrected chi connectivity index (χ1v) is 11.6. The predicted octanol–water partition coefficient (Wildman–Crippen LogP) is 5.37. The maximum Gasteiger partial charge on any atom is 0.170 e. The van der Waals surface area contributed by atoms with Gasteiger partial charge < -0.3 is 14.8 Å². The lowest BCUT2D eigenvalue weighted by atomic mass is 9.96. The molecule has 6 heteroatoms. The summed E-state index contributed by atoms with van der Waals surface area (Å²) in [4.78, 5) is 11.2. The minimum Gasteiger partial charge on any atom is -0.352 e. The molecule has 0 aliphatic carbocycles. The molecule has 5 nitrogen and oxygen atoms in total. The van der Waals surface area contributed by atoms with Crippen LogP contribution < -0.4 is 5.32 Å². The first-order chi connectivity index (χ1) is 16.0. The second kappa shape index (κ2) is 8.79. The van der Waals surface area contributed by atoms with Crippen LogP contribution in [0.25, 0.3) is 5.69 Å². The van der Waals surface area contributed by atoms with Crippen LogP contribution in [0.3, 0.4) is 0 Å². The van der Waals surface area contributed by atoms with Crippen molar-refractivity contribution < 1.29 is 0 Å². The summed E-state index contributed by atoms with van der Waals surface area (Å²) in [5.74, 6) is 0. The third-order valence-electron chi connectivity index (χ3n) is 6.35. The van der Waals surface area contributed by atoms with Gasteiger partial charge in [-0.3, -0.25) is 9.97 Å². The molecule has 1 aromatic carbocycles. The minimum absolute atomic E-state index is 0.0120. The van der Waals surface area contributed by atoms with Gasteiger partial charge in [-0.15, -0.1) is 0 Å². The molecule has 33 heavy (non-hydrogen) atoms. The summed E-state index contributed by atoms with van der Waals surface area (Å²) in [6.07, 6.45) is 5.55. The lowest BCUT2D eigenvalue weighted by Gasteiger charge is -2.28. The Morgan fingerprint density at radius 2 is 1.79 bits per heavy atom. The number of pyridine rings is 2. The van der Waals surface area contributed by atoms with Gasteiger partial charge in [0.15, 0.2) is 5.11 Å². The SMILES string of the molecule is Cc1ccc(-n2c(C)cc(C3C(c4ccccn4)NC(=S)N3Cc3cccnc3)c2C)cc1. The molecule has 1 aliphatic heterocycles. The molecule has 166 valence electrons. The molecule has 1 aliphatic rings. The second-order valence-corrected chi connectivity index (χ2v) is 9.00. The lowest BCUT2D eigenvalue weighted by molar-refractivity contribution is 0.310. The molecule has 0 bridgehead atoms. The Morgan fingerprint density at radius 3 is 2.48 bits per heavy atom. The van der Waals surface area contributed by atoms with Crippen molar-refractivity contribution in [3.8, 4) is 5.69 Å². The summed E-state index contributed by atoms with van der Waals surface area (Å²) in [6.45, 7) is 7.16. The van der Waals surface area contributed by atoms with E-state index in [1.54, 1.807) is 6.20 Å². The first kappa shape index (κ1) is 21.3. The highest BCUT2D eigenvalue weighted by molar-refractivity contribution is 7.80. The number of nitrogens with zero attached hydrogens (tertiary/aromatic N) is 4. The van der Waals surface area contributed by atoms with Crippen molar-refractivity contribution >= 4 is 17.3 Å². The molecule has 0 spiro atoms. The summed E-state index contributed by atoms with van der Waals surface area (Å²) in [5, 5.41) is 4.29. The zero-order valence-electron chi connectivity index (χ0n) is 19.1. The fourth-order valence-corrected chi connectivity index (χ4v) is 5.09. The van der Waals surface area contributed by atoms with Gasteiger partial charge in [-0.1, -0.05) is 29.8 Å². The standard InChI is InChI=1S/C27H27N5S/c1-18-9-11-22(12-10-18)32-19(2)15-23(20(32)3)26-25(24-8-4-5-14-29-24)30-27(33)31(26)17-21-7-6-13-28-16-21/h4-16,25-26H,17H2,1-3H3,(H,30,33). The smallest absolute Gasteiger partial charge is 0.170 e. The Morgan fingerprint density at radius 1 is 0.970 bits per heavy atom. The molecule has 0 saturated carbocycles. The van der Waals surface area contributed by atoms with Gasteiger partial charge in [0.25, 0.3) is 0 Å². The van der Waals surface area contributed by atoms with Gasteiger partial charge in [-0.2, -0.15) is 0 Å². The van der Waals surface area contributed by atoms with Crippen LogP contribution in [0.4, 0.5) is 0 Å². The van der Waals surface area contributed by atoms with Gasteiger partial charge in [0.05, 0.1) is 17.8 Å². The Hall–Kier alpha value is -3.51. The maximum atomic E-state index is 5.84. The minimum atomic E-state index is -0.0395. The zero-order valence-corrected chi connectivity index (χ0v) is 19.9. The Bertz CT molecular complexity index is 1270. The van der Waals surface area contributed by atoms with E-state index in [0.29, 0.717) is 6.54 Å². The van der Waals surface area contributed by atoms with Crippen LogP contribution >= 0.6 is 12.2 Å². The molecule has 4 heterocycles. The van der Waals surface area contributed by atoms with E-state index in [-0.39, 0.29) is 12.1 Å². The van der Waals surface area contributed by atoms with Crippen molar-refractivity contribution in [2.75, 3.05) is 0 Å². The molecular weight excluding hydrogens is 426 g/mol. The number of thiocarbonyl (C=S) groups is 1. The molecule has 3 aromatic heterocycles. The monoisotopic (exact) mass is 453 g/mol. The van der Waals surface area contributed by atoms with Crippen LogP contribution in [0.15, 0.2) is 79.3 Å². The quantitative estimate of drug-likeness (QED) is 0.412. The van der Waals surface area contributed by atoms with Crippen LogP contribution in [0.2, 0.25) is 0 Å². The second-order valence-electron chi connectivity index (χ2n) is 8.61. The highest BCUT2D eigenvalue weighted by Crippen LogP contribution is 2.42. The van der Waals surface area contributed by atoms with E-state index >= 15 is 0 Å². The number of rotatable bonds is 5. The highest BCUT2D eigenvalue weighted by atomic mass is 32.1. The van der Waals surface area contributed by atoms with Crippen molar-refractivity contribution in [1.29, 1.82) is 0 Å². The highest BCUT2D eigenvalue weighted by Gasteiger charge is 2.41. The number of benzene rings is 1. The van der Waals surface area contributed by atoms with Gasteiger partial charge in [-0.05, 0) is 80.5 Å². The van der Waals surface area contributed by atoms with Crippen molar-refractivity contribution in [2.24, 2.45) is 0 Å². The molecule has 1 fully saturated rings. The molecule has 1 N–H and O–H groups in total. The molecule has 4 aromatic rings. The molecule has 1 saturated heterocycles. The first-order valence-electron chi connectivity index (χ1n) is 11.2. The van der Waals surface area contributed by atoms with Crippen LogP contribution in [-0.4, -0.2) is 24.5 Å². The molecule has 2 atom stereocenters. The van der Waals surface area contributed by atoms with Crippen molar-refractivity contribution in [2.45, 2.75) is 39.4 Å². The van der Waals surface area contributed by atoms with Crippen molar-refractivity contribution in [3.63, 3.8) is 0 Å². The van der Waals surface area contributed by atoms with Crippen LogP contribution in [0.5, 0.6) is 0 Å². The van der Waals surface area contributed by atoms with E-state index in [4.69, 9.17) is 12.2 Å². The molecular formula is C27H27N5S. The largest absolute Gasteiger partial charge is 0.352 e. The summed E-state index contributed by atoms with van der Waals surface area (Å²) in [7, 11) is 0. The number of aryl methyl sites for hydroxylation is 2. The Balaban J connectivity index is 1.61. The number of hydrogen-bond donors (Lipinski definition) is 1. The molecule has 0 amide bonds. The topological polar surface area (TPSA) is 46.0 Å². The van der Waals surface area contributed by atoms with Crippen molar-refractivity contribution in [3.05, 3.63) is 113 Å². The number of nitrogens with one attached hydrogen (secondary N) is 1. The van der Waals surface area contributed by atoms with Crippen LogP contribution in [0, 0.1) is 20.8 Å². The van der Waals surface area contributed by atoms with Gasteiger partial charge >= 0.3 is 0 Å². The summed E-state index contributed by atoms with van der Waals surface area (Å²) >= 11 is 5.84. The van der Waals surface area contributed by atoms with E-state index in [9.17, 15) is 0 Å². The van der Waals surface area contributed by atoms with Gasteiger partial charge in [0.2, 0.25) is 0 Å². The fraction of sp³-hybridized carbons (Fsp3) is 0.222. The fourth-order valence-electron chi connectivity index (χ4n) is 4.78. The Kier molecular flexibility index (Phi) is 5.68. The van der Waals surface area contributed by atoms with Crippen molar-refractivity contribution in [1.82, 2.24) is 24.8 Å². The van der Waals surface area contributed by atoms with E-state index in [0.717, 1.165) is 16.4 Å². The summed E-state index contributed by atoms with van der Waals surface area (Å²) < 4.78 is 2.33. The van der Waals surface area contributed by atoms with Gasteiger partial charge in [0.1, 0.15) is 0 Å². The zero-order chi connectivity index (χ0) is 22.9.